The molecule has 0 aromatic heterocycles. The summed E-state index contributed by atoms with van der Waals surface area (Å²) in [5, 5.41) is 11.0. The molecule has 0 N–H and O–H groups in total. The Morgan fingerprint density at radius 2 is 1.80 bits per heavy atom. The molecule has 0 unspecified atom stereocenters. The number of halogens is 1. The predicted octanol–water partition coefficient (Wildman–Crippen LogP) is 5.27. The van der Waals surface area contributed by atoms with E-state index < -0.39 is 4.92 Å². The highest BCUT2D eigenvalue weighted by molar-refractivity contribution is 9.10. The van der Waals surface area contributed by atoms with Crippen molar-refractivity contribution < 1.29 is 9.66 Å². The van der Waals surface area contributed by atoms with E-state index in [0.29, 0.717) is 16.1 Å². The molecule has 4 nitrogen and oxygen atoms in total. The van der Waals surface area contributed by atoms with Crippen molar-refractivity contribution in [1.82, 2.24) is 0 Å². The molecular formula is C15H14BrNO3. The average molecular weight is 336 g/mol. The second kappa shape index (κ2) is 6.05. The largest absolute Gasteiger partial charge is 0.450 e. The van der Waals surface area contributed by atoms with E-state index >= 15 is 0 Å². The Kier molecular flexibility index (Phi) is 4.39. The molecule has 0 amide bonds. The Balaban J connectivity index is 2.28. The van der Waals surface area contributed by atoms with Gasteiger partial charge in [0.15, 0.2) is 0 Å². The Hall–Kier alpha value is -1.88. The van der Waals surface area contributed by atoms with Crippen LogP contribution >= 0.6 is 15.9 Å². The molecule has 5 heteroatoms. The minimum atomic E-state index is -0.456. The number of nitrogens with zero attached hydrogens (tertiary/aromatic N) is 1. The van der Waals surface area contributed by atoms with Crippen molar-refractivity contribution >= 4 is 21.6 Å². The quantitative estimate of drug-likeness (QED) is 0.564. The first kappa shape index (κ1) is 14.5. The van der Waals surface area contributed by atoms with Crippen molar-refractivity contribution in [3.05, 3.63) is 62.6 Å². The van der Waals surface area contributed by atoms with Crippen LogP contribution in [0, 0.1) is 10.1 Å². The number of nitro groups is 1. The van der Waals surface area contributed by atoms with Crippen molar-refractivity contribution in [2.24, 2.45) is 0 Å². The van der Waals surface area contributed by atoms with Gasteiger partial charge in [-0.2, -0.15) is 0 Å². The molecule has 0 spiro atoms. The number of benzene rings is 2. The van der Waals surface area contributed by atoms with E-state index in [1.165, 1.54) is 11.6 Å². The smallest absolute Gasteiger partial charge is 0.312 e. The van der Waals surface area contributed by atoms with E-state index in [-0.39, 0.29) is 11.4 Å². The number of ether oxygens (including phenoxy) is 1. The monoisotopic (exact) mass is 335 g/mol. The fraction of sp³-hybridized carbons (Fsp3) is 0.200. The fourth-order valence-electron chi connectivity index (χ4n) is 1.77. The summed E-state index contributed by atoms with van der Waals surface area (Å²) in [4.78, 5) is 10.6. The summed E-state index contributed by atoms with van der Waals surface area (Å²) in [5.41, 5.74) is 1.13. The van der Waals surface area contributed by atoms with Gasteiger partial charge in [0, 0.05) is 10.5 Å². The van der Waals surface area contributed by atoms with Crippen LogP contribution in [0.15, 0.2) is 46.9 Å². The van der Waals surface area contributed by atoms with Crippen molar-refractivity contribution in [1.29, 1.82) is 0 Å². The maximum atomic E-state index is 11.0. The molecule has 0 radical (unpaired) electrons. The lowest BCUT2D eigenvalue weighted by atomic mass is 10.0. The van der Waals surface area contributed by atoms with Gasteiger partial charge in [-0.25, -0.2) is 0 Å². The van der Waals surface area contributed by atoms with Gasteiger partial charge < -0.3 is 4.74 Å². The van der Waals surface area contributed by atoms with Crippen LogP contribution in [0.5, 0.6) is 11.5 Å². The normalized spacial score (nSPS) is 10.6. The van der Waals surface area contributed by atoms with Gasteiger partial charge in [0.2, 0.25) is 5.75 Å². The maximum absolute atomic E-state index is 11.0. The highest BCUT2D eigenvalue weighted by Crippen LogP contribution is 2.34. The summed E-state index contributed by atoms with van der Waals surface area (Å²) in [6.45, 7) is 4.21. The van der Waals surface area contributed by atoms with E-state index in [9.17, 15) is 10.1 Å². The number of hydrogen-bond donors (Lipinski definition) is 0. The summed E-state index contributed by atoms with van der Waals surface area (Å²) >= 11 is 3.22. The number of rotatable bonds is 4. The molecule has 0 bridgehead atoms. The van der Waals surface area contributed by atoms with Crippen molar-refractivity contribution in [2.45, 2.75) is 19.8 Å². The molecule has 2 aromatic rings. The third-order valence-corrected chi connectivity index (χ3v) is 3.39. The Bertz CT molecular complexity index is 624. The minimum Gasteiger partial charge on any atom is -0.450 e. The van der Waals surface area contributed by atoms with Crippen LogP contribution in [0.1, 0.15) is 25.3 Å². The number of nitro benzene ring substituents is 1. The Morgan fingerprint density at radius 1 is 1.15 bits per heavy atom. The first-order valence-corrected chi connectivity index (χ1v) is 6.98. The molecule has 0 aliphatic rings. The molecular weight excluding hydrogens is 322 g/mol. The van der Waals surface area contributed by atoms with E-state index in [4.69, 9.17) is 4.74 Å². The molecule has 0 aliphatic carbocycles. The van der Waals surface area contributed by atoms with E-state index in [1.807, 2.05) is 24.3 Å². The summed E-state index contributed by atoms with van der Waals surface area (Å²) in [6, 6.07) is 12.3. The summed E-state index contributed by atoms with van der Waals surface area (Å²) in [6.07, 6.45) is 0. The van der Waals surface area contributed by atoms with E-state index in [2.05, 4.69) is 29.8 Å². The van der Waals surface area contributed by atoms with Gasteiger partial charge in [0.05, 0.1) is 4.92 Å². The Morgan fingerprint density at radius 3 is 2.35 bits per heavy atom. The average Bonchev–Trinajstić information content (AvgIpc) is 2.41. The van der Waals surface area contributed by atoms with Crippen LogP contribution in [0.4, 0.5) is 5.69 Å². The first-order valence-electron chi connectivity index (χ1n) is 6.19. The molecule has 0 atom stereocenters. The molecule has 2 aromatic carbocycles. The van der Waals surface area contributed by atoms with Gasteiger partial charge >= 0.3 is 5.69 Å². The van der Waals surface area contributed by atoms with Gasteiger partial charge in [0.1, 0.15) is 5.75 Å². The zero-order valence-electron chi connectivity index (χ0n) is 11.2. The molecule has 0 aliphatic heterocycles. The highest BCUT2D eigenvalue weighted by atomic mass is 79.9. The van der Waals surface area contributed by atoms with Crippen LogP contribution in [0.3, 0.4) is 0 Å². The molecule has 0 fully saturated rings. The molecule has 0 saturated heterocycles. The van der Waals surface area contributed by atoms with Crippen molar-refractivity contribution in [3.8, 4) is 11.5 Å². The second-order valence-corrected chi connectivity index (χ2v) is 5.61. The van der Waals surface area contributed by atoms with Gasteiger partial charge in [-0.15, -0.1) is 0 Å². The van der Waals surface area contributed by atoms with Crippen molar-refractivity contribution in [2.75, 3.05) is 0 Å². The third kappa shape index (κ3) is 3.36. The van der Waals surface area contributed by atoms with Crippen LogP contribution < -0.4 is 4.74 Å². The van der Waals surface area contributed by atoms with Gasteiger partial charge in [0.25, 0.3) is 0 Å². The summed E-state index contributed by atoms with van der Waals surface area (Å²) < 4.78 is 6.24. The van der Waals surface area contributed by atoms with Crippen LogP contribution in [-0.4, -0.2) is 4.92 Å². The topological polar surface area (TPSA) is 52.4 Å². The third-order valence-electron chi connectivity index (χ3n) is 2.89. The van der Waals surface area contributed by atoms with Crippen LogP contribution in [-0.2, 0) is 0 Å². The maximum Gasteiger partial charge on any atom is 0.312 e. The standard InChI is InChI=1S/C15H14BrNO3/c1-10(2)11-3-6-13(7-4-11)20-15-8-5-12(16)9-14(15)17(18)19/h3-10H,1-2H3. The van der Waals surface area contributed by atoms with Crippen LogP contribution in [0.2, 0.25) is 0 Å². The van der Waals surface area contributed by atoms with Gasteiger partial charge in [-0.1, -0.05) is 41.9 Å². The predicted molar refractivity (Wildman–Crippen MR) is 81.4 cm³/mol. The van der Waals surface area contributed by atoms with Gasteiger partial charge in [-0.05, 0) is 35.7 Å². The molecule has 0 saturated carbocycles. The van der Waals surface area contributed by atoms with Gasteiger partial charge in [-0.3, -0.25) is 10.1 Å². The molecule has 0 heterocycles. The zero-order chi connectivity index (χ0) is 14.7. The lowest BCUT2D eigenvalue weighted by Crippen LogP contribution is -1.94. The fourth-order valence-corrected chi connectivity index (χ4v) is 2.12. The molecule has 2 rings (SSSR count). The minimum absolute atomic E-state index is 0.0627. The highest BCUT2D eigenvalue weighted by Gasteiger charge is 2.16. The lowest BCUT2D eigenvalue weighted by Gasteiger charge is -2.09. The second-order valence-electron chi connectivity index (χ2n) is 4.69. The SMILES string of the molecule is CC(C)c1ccc(Oc2ccc(Br)cc2[N+](=O)[O-])cc1. The molecule has 104 valence electrons. The van der Waals surface area contributed by atoms with E-state index in [1.54, 1.807) is 12.1 Å². The first-order chi connectivity index (χ1) is 9.47. The summed E-state index contributed by atoms with van der Waals surface area (Å²) in [5.74, 6) is 1.25. The van der Waals surface area contributed by atoms with Crippen molar-refractivity contribution in [3.63, 3.8) is 0 Å². The lowest BCUT2D eigenvalue weighted by molar-refractivity contribution is -0.385. The molecule has 20 heavy (non-hydrogen) atoms. The Labute approximate surface area is 125 Å². The van der Waals surface area contributed by atoms with Crippen LogP contribution in [0.25, 0.3) is 0 Å². The zero-order valence-corrected chi connectivity index (χ0v) is 12.8. The van der Waals surface area contributed by atoms with E-state index in [0.717, 1.165) is 0 Å². The number of hydrogen-bond acceptors (Lipinski definition) is 3. The summed E-state index contributed by atoms with van der Waals surface area (Å²) in [7, 11) is 0.